The first-order valence-electron chi connectivity index (χ1n) is 9.00. The highest BCUT2D eigenvalue weighted by molar-refractivity contribution is 5.73. The number of carbonyl (C=O) groups excluding carboxylic acids is 1. The van der Waals surface area contributed by atoms with Crippen LogP contribution in [0.5, 0.6) is 0 Å². The lowest BCUT2D eigenvalue weighted by atomic mass is 9.92. The van der Waals surface area contributed by atoms with Crippen molar-refractivity contribution in [3.63, 3.8) is 0 Å². The van der Waals surface area contributed by atoms with E-state index >= 15 is 0 Å². The van der Waals surface area contributed by atoms with E-state index in [0.717, 1.165) is 11.1 Å². The normalized spacial score (nSPS) is 30.0. The lowest BCUT2D eigenvalue weighted by Gasteiger charge is -2.31. The summed E-state index contributed by atoms with van der Waals surface area (Å²) in [6.07, 6.45) is -2.46. The van der Waals surface area contributed by atoms with Gasteiger partial charge >= 0.3 is 5.97 Å². The van der Waals surface area contributed by atoms with Crippen molar-refractivity contribution in [3.05, 3.63) is 71.8 Å². The number of hydrogen-bond acceptors (Lipinski definition) is 6. The Morgan fingerprint density at radius 2 is 1.56 bits per heavy atom. The summed E-state index contributed by atoms with van der Waals surface area (Å²) < 4.78 is 22.9. The fourth-order valence-corrected chi connectivity index (χ4v) is 3.59. The van der Waals surface area contributed by atoms with Gasteiger partial charge in [-0.25, -0.2) is 0 Å². The van der Waals surface area contributed by atoms with E-state index in [1.807, 2.05) is 60.7 Å². The Bertz CT molecular complexity index is 765. The van der Waals surface area contributed by atoms with Crippen molar-refractivity contribution >= 4 is 5.97 Å². The summed E-state index contributed by atoms with van der Waals surface area (Å²) in [4.78, 5) is 11.8. The van der Waals surface area contributed by atoms with Crippen LogP contribution in [0.3, 0.4) is 0 Å². The van der Waals surface area contributed by atoms with Crippen molar-refractivity contribution in [1.82, 2.24) is 0 Å². The molecule has 1 N–H and O–H groups in total. The fraction of sp³-hybridized carbons (Fsp3) is 0.381. The minimum atomic E-state index is -1.36. The quantitative estimate of drug-likeness (QED) is 0.786. The molecular weight excluding hydrogens is 348 g/mol. The van der Waals surface area contributed by atoms with Crippen molar-refractivity contribution in [2.45, 2.75) is 43.7 Å². The first kappa shape index (κ1) is 18.1. The number of ether oxygens (including phenoxy) is 4. The highest BCUT2D eigenvalue weighted by Crippen LogP contribution is 2.41. The summed E-state index contributed by atoms with van der Waals surface area (Å²) in [7, 11) is 0. The monoisotopic (exact) mass is 370 g/mol. The second-order valence-corrected chi connectivity index (χ2v) is 6.84. The third-order valence-corrected chi connectivity index (χ3v) is 5.00. The van der Waals surface area contributed by atoms with E-state index in [2.05, 4.69) is 0 Å². The molecule has 0 bridgehead atoms. The molecule has 27 heavy (non-hydrogen) atoms. The number of cyclic esters (lactones) is 1. The van der Waals surface area contributed by atoms with E-state index in [-0.39, 0.29) is 13.0 Å². The second-order valence-electron chi connectivity index (χ2n) is 6.84. The SMILES string of the molecule is O=C1C[C@@]2(OC[C@@H](OCc3ccccc3)[C@@H]2OCc2ccccc2)C(O)O1. The van der Waals surface area contributed by atoms with Crippen LogP contribution in [0.2, 0.25) is 0 Å². The first-order chi connectivity index (χ1) is 13.2. The molecule has 6 nitrogen and oxygen atoms in total. The predicted octanol–water partition coefficient (Wildman–Crippen LogP) is 2.19. The van der Waals surface area contributed by atoms with Gasteiger partial charge in [-0.15, -0.1) is 0 Å². The maximum Gasteiger partial charge on any atom is 0.311 e. The Kier molecular flexibility index (Phi) is 5.22. The van der Waals surface area contributed by atoms with E-state index in [9.17, 15) is 9.90 Å². The number of hydrogen-bond donors (Lipinski definition) is 1. The maximum absolute atomic E-state index is 11.8. The molecule has 4 rings (SSSR count). The molecule has 2 aromatic carbocycles. The number of esters is 1. The number of carbonyl (C=O) groups is 1. The predicted molar refractivity (Wildman–Crippen MR) is 95.4 cm³/mol. The first-order valence-corrected chi connectivity index (χ1v) is 9.00. The van der Waals surface area contributed by atoms with Gasteiger partial charge in [-0.05, 0) is 11.1 Å². The van der Waals surface area contributed by atoms with Gasteiger partial charge in [0.05, 0.1) is 26.2 Å². The van der Waals surface area contributed by atoms with Gasteiger partial charge in [0.2, 0.25) is 6.29 Å². The lowest BCUT2D eigenvalue weighted by Crippen LogP contribution is -2.51. The number of aliphatic hydroxyl groups is 1. The zero-order valence-corrected chi connectivity index (χ0v) is 14.8. The molecule has 2 saturated heterocycles. The third-order valence-electron chi connectivity index (χ3n) is 5.00. The molecule has 2 fully saturated rings. The summed E-state index contributed by atoms with van der Waals surface area (Å²) in [5.74, 6) is -0.500. The molecule has 6 heteroatoms. The standard InChI is InChI=1S/C21H22O6/c22-18-11-21(20(23)27-18)19(25-13-16-9-5-2-6-10-16)17(14-26-21)24-12-15-7-3-1-4-8-15/h1-10,17,19-20,23H,11-14H2/t17-,19+,20?,21+/m1/s1. The van der Waals surface area contributed by atoms with Crippen LogP contribution in [-0.2, 0) is 37.0 Å². The molecule has 4 atom stereocenters. The molecule has 0 radical (unpaired) electrons. The summed E-state index contributed by atoms with van der Waals surface area (Å²) >= 11 is 0. The van der Waals surface area contributed by atoms with Crippen LogP contribution in [-0.4, -0.2) is 41.8 Å². The highest BCUT2D eigenvalue weighted by Gasteiger charge is 2.62. The Morgan fingerprint density at radius 1 is 0.963 bits per heavy atom. The van der Waals surface area contributed by atoms with E-state index in [4.69, 9.17) is 18.9 Å². The Labute approximate surface area is 157 Å². The molecule has 0 amide bonds. The average Bonchev–Trinajstić information content (AvgIpc) is 3.19. The van der Waals surface area contributed by atoms with Crippen LogP contribution in [0.1, 0.15) is 17.5 Å². The molecule has 0 aromatic heterocycles. The Balaban J connectivity index is 1.50. The molecule has 0 aliphatic carbocycles. The number of aliphatic hydroxyl groups excluding tert-OH is 1. The van der Waals surface area contributed by atoms with Crippen molar-refractivity contribution in [1.29, 1.82) is 0 Å². The van der Waals surface area contributed by atoms with E-state index in [1.54, 1.807) is 0 Å². The molecule has 2 heterocycles. The van der Waals surface area contributed by atoms with Gasteiger partial charge in [-0.3, -0.25) is 4.79 Å². The van der Waals surface area contributed by atoms with Crippen LogP contribution in [0.25, 0.3) is 0 Å². The number of rotatable bonds is 6. The van der Waals surface area contributed by atoms with Crippen LogP contribution >= 0.6 is 0 Å². The average molecular weight is 370 g/mol. The van der Waals surface area contributed by atoms with E-state index < -0.39 is 30.1 Å². The van der Waals surface area contributed by atoms with Gasteiger partial charge in [0.15, 0.2) is 5.60 Å². The fourth-order valence-electron chi connectivity index (χ4n) is 3.59. The summed E-state index contributed by atoms with van der Waals surface area (Å²) in [6, 6.07) is 19.5. The van der Waals surface area contributed by atoms with Gasteiger partial charge in [0, 0.05) is 0 Å². The highest BCUT2D eigenvalue weighted by atomic mass is 16.7. The largest absolute Gasteiger partial charge is 0.432 e. The summed E-state index contributed by atoms with van der Waals surface area (Å²) in [5.41, 5.74) is 0.786. The van der Waals surface area contributed by atoms with Crippen molar-refractivity contribution in [3.8, 4) is 0 Å². The molecule has 2 aliphatic heterocycles. The van der Waals surface area contributed by atoms with Crippen LogP contribution in [0.4, 0.5) is 0 Å². The van der Waals surface area contributed by atoms with Crippen molar-refractivity contribution in [2.75, 3.05) is 6.61 Å². The summed E-state index contributed by atoms with van der Waals surface area (Å²) in [6.45, 7) is 0.934. The van der Waals surface area contributed by atoms with Gasteiger partial charge in [-0.1, -0.05) is 60.7 Å². The zero-order chi connectivity index (χ0) is 18.7. The van der Waals surface area contributed by atoms with Crippen LogP contribution in [0, 0.1) is 0 Å². The third kappa shape index (κ3) is 3.75. The summed E-state index contributed by atoms with van der Waals surface area (Å²) in [5, 5.41) is 10.3. The van der Waals surface area contributed by atoms with Gasteiger partial charge in [-0.2, -0.15) is 0 Å². The topological polar surface area (TPSA) is 74.2 Å². The van der Waals surface area contributed by atoms with E-state index in [1.165, 1.54) is 0 Å². The van der Waals surface area contributed by atoms with Crippen molar-refractivity contribution in [2.24, 2.45) is 0 Å². The van der Waals surface area contributed by atoms with Crippen LogP contribution in [0.15, 0.2) is 60.7 Å². The van der Waals surface area contributed by atoms with Gasteiger partial charge < -0.3 is 24.1 Å². The Morgan fingerprint density at radius 3 is 2.11 bits per heavy atom. The Hall–Kier alpha value is -2.25. The molecule has 142 valence electrons. The van der Waals surface area contributed by atoms with Crippen molar-refractivity contribution < 1.29 is 28.8 Å². The molecule has 2 aromatic rings. The van der Waals surface area contributed by atoms with Gasteiger partial charge in [0.25, 0.3) is 0 Å². The number of benzene rings is 2. The van der Waals surface area contributed by atoms with Gasteiger partial charge in [0.1, 0.15) is 12.2 Å². The smallest absolute Gasteiger partial charge is 0.311 e. The minimum Gasteiger partial charge on any atom is -0.432 e. The molecule has 1 unspecified atom stereocenters. The van der Waals surface area contributed by atoms with Crippen LogP contribution < -0.4 is 0 Å². The lowest BCUT2D eigenvalue weighted by molar-refractivity contribution is -0.205. The molecule has 2 aliphatic rings. The molecule has 0 saturated carbocycles. The zero-order valence-electron chi connectivity index (χ0n) is 14.8. The minimum absolute atomic E-state index is 0.0567. The van der Waals surface area contributed by atoms with E-state index in [0.29, 0.717) is 13.2 Å². The molecule has 1 spiro atoms. The molecular formula is C21H22O6. The maximum atomic E-state index is 11.8. The second kappa shape index (κ2) is 7.78.